The van der Waals surface area contributed by atoms with Crippen LogP contribution in [-0.4, -0.2) is 61.2 Å². The summed E-state index contributed by atoms with van der Waals surface area (Å²) in [5.74, 6) is -2.87. The van der Waals surface area contributed by atoms with E-state index in [0.717, 1.165) is 31.5 Å². The van der Waals surface area contributed by atoms with Gasteiger partial charge in [-0.2, -0.15) is 0 Å². The first-order valence-electron chi connectivity index (χ1n) is 9.09. The third-order valence-electron chi connectivity index (χ3n) is 5.22. The van der Waals surface area contributed by atoms with Gasteiger partial charge < -0.3 is 19.7 Å². The second-order valence-electron chi connectivity index (χ2n) is 7.11. The van der Waals surface area contributed by atoms with Crippen LogP contribution in [0.1, 0.15) is 27.0 Å². The fraction of sp³-hybridized carbons (Fsp3) is 0.421. The molecular formula is C19H20N2O9S. The highest BCUT2D eigenvalue weighted by molar-refractivity contribution is 7.13. The van der Waals surface area contributed by atoms with E-state index in [-0.39, 0.29) is 5.56 Å². The van der Waals surface area contributed by atoms with Crippen molar-refractivity contribution in [1.29, 1.82) is 0 Å². The Morgan fingerprint density at radius 2 is 1.84 bits per heavy atom. The van der Waals surface area contributed by atoms with Gasteiger partial charge in [-0.1, -0.05) is 6.07 Å². The van der Waals surface area contributed by atoms with Crippen LogP contribution in [0.15, 0.2) is 33.3 Å². The monoisotopic (exact) mass is 452 g/mol. The minimum absolute atomic E-state index is 0.0407. The van der Waals surface area contributed by atoms with Gasteiger partial charge in [0.25, 0.3) is 5.56 Å². The highest BCUT2D eigenvalue weighted by atomic mass is 32.1. The number of ketones is 2. The van der Waals surface area contributed by atoms with E-state index < -0.39 is 58.9 Å². The number of ether oxygens (including phenoxy) is 2. The standard InChI is InChI=1S/C19H20N2O9S/c1-9(22)18(27)14(8-29-11(3)24)30-16(19(18,28)10(2)23)21-7-12(13-5-4-6-31-13)15(25)20-17(21)26/h4-7,14,16,27-28H,8H2,1-3H3,(H,20,25,26)/t14-,16-,18-,19+/m1/s1. The Bertz CT molecular complexity index is 1150. The van der Waals surface area contributed by atoms with E-state index >= 15 is 0 Å². The van der Waals surface area contributed by atoms with Gasteiger partial charge in [-0.15, -0.1) is 11.3 Å². The van der Waals surface area contributed by atoms with Gasteiger partial charge >= 0.3 is 11.7 Å². The molecule has 1 fully saturated rings. The second kappa shape index (κ2) is 7.96. The Kier molecular flexibility index (Phi) is 5.84. The molecule has 11 nitrogen and oxygen atoms in total. The van der Waals surface area contributed by atoms with Crippen molar-refractivity contribution in [2.45, 2.75) is 44.3 Å². The third kappa shape index (κ3) is 3.47. The predicted molar refractivity (Wildman–Crippen MR) is 106 cm³/mol. The first kappa shape index (κ1) is 22.7. The van der Waals surface area contributed by atoms with Crippen molar-refractivity contribution >= 4 is 28.9 Å². The minimum Gasteiger partial charge on any atom is -0.463 e. The average Bonchev–Trinajstić information content (AvgIpc) is 3.28. The molecule has 3 heterocycles. The summed E-state index contributed by atoms with van der Waals surface area (Å²) in [6.45, 7) is 2.24. The van der Waals surface area contributed by atoms with Crippen molar-refractivity contribution < 1.29 is 34.1 Å². The van der Waals surface area contributed by atoms with Crippen LogP contribution in [0.2, 0.25) is 0 Å². The number of esters is 1. The fourth-order valence-corrected chi connectivity index (χ4v) is 4.34. The van der Waals surface area contributed by atoms with Gasteiger partial charge in [0, 0.05) is 18.0 Å². The number of aromatic amines is 1. The highest BCUT2D eigenvalue weighted by Crippen LogP contribution is 2.46. The lowest BCUT2D eigenvalue weighted by molar-refractivity contribution is -0.182. The van der Waals surface area contributed by atoms with Crippen LogP contribution in [0.4, 0.5) is 0 Å². The van der Waals surface area contributed by atoms with Crippen LogP contribution < -0.4 is 11.2 Å². The van der Waals surface area contributed by atoms with Gasteiger partial charge in [-0.25, -0.2) is 4.79 Å². The Balaban J connectivity index is 2.22. The Labute approximate surface area is 178 Å². The zero-order valence-electron chi connectivity index (χ0n) is 16.8. The molecule has 0 aliphatic carbocycles. The maximum Gasteiger partial charge on any atom is 0.330 e. The third-order valence-corrected chi connectivity index (χ3v) is 6.12. The maximum absolute atomic E-state index is 12.6. The largest absolute Gasteiger partial charge is 0.463 e. The molecule has 1 aliphatic heterocycles. The molecular weight excluding hydrogens is 432 g/mol. The fourth-order valence-electron chi connectivity index (χ4n) is 3.61. The second-order valence-corrected chi connectivity index (χ2v) is 8.06. The van der Waals surface area contributed by atoms with Crippen molar-refractivity contribution in [2.24, 2.45) is 0 Å². The van der Waals surface area contributed by atoms with Crippen LogP contribution in [0.5, 0.6) is 0 Å². The molecule has 3 rings (SSSR count). The van der Waals surface area contributed by atoms with Gasteiger partial charge in [-0.3, -0.25) is 28.7 Å². The number of H-pyrrole nitrogens is 1. The molecule has 0 saturated carbocycles. The smallest absolute Gasteiger partial charge is 0.330 e. The van der Waals surface area contributed by atoms with Crippen molar-refractivity contribution in [3.8, 4) is 10.4 Å². The molecule has 4 atom stereocenters. The molecule has 1 aliphatic rings. The minimum atomic E-state index is -2.92. The van der Waals surface area contributed by atoms with E-state index in [0.29, 0.717) is 4.88 Å². The molecule has 0 spiro atoms. The van der Waals surface area contributed by atoms with Gasteiger partial charge in [0.1, 0.15) is 12.7 Å². The zero-order chi connectivity index (χ0) is 23.1. The number of Topliss-reactive ketones (excluding diaryl/α,β-unsaturated/α-hetero) is 2. The number of carbonyl (C=O) groups excluding carboxylic acids is 3. The summed E-state index contributed by atoms with van der Waals surface area (Å²) in [6.07, 6.45) is -2.50. The summed E-state index contributed by atoms with van der Waals surface area (Å²) in [4.78, 5) is 63.5. The molecule has 0 unspecified atom stereocenters. The van der Waals surface area contributed by atoms with E-state index in [1.165, 1.54) is 11.3 Å². The van der Waals surface area contributed by atoms with Crippen LogP contribution in [0.25, 0.3) is 10.4 Å². The summed E-state index contributed by atoms with van der Waals surface area (Å²) < 4.78 is 11.1. The number of carbonyl (C=O) groups is 3. The van der Waals surface area contributed by atoms with Crippen molar-refractivity contribution in [2.75, 3.05) is 6.61 Å². The van der Waals surface area contributed by atoms with Gasteiger partial charge in [0.05, 0.1) is 5.56 Å². The molecule has 3 N–H and O–H groups in total. The van der Waals surface area contributed by atoms with Crippen LogP contribution in [-0.2, 0) is 23.9 Å². The molecule has 0 amide bonds. The molecule has 31 heavy (non-hydrogen) atoms. The summed E-state index contributed by atoms with van der Waals surface area (Å²) in [5.41, 5.74) is -7.48. The lowest BCUT2D eigenvalue weighted by atomic mass is 9.75. The quantitative estimate of drug-likeness (QED) is 0.484. The van der Waals surface area contributed by atoms with Crippen molar-refractivity contribution in [3.63, 3.8) is 0 Å². The Morgan fingerprint density at radius 1 is 1.19 bits per heavy atom. The number of hydrogen-bond donors (Lipinski definition) is 3. The van der Waals surface area contributed by atoms with Gasteiger partial charge in [-0.05, 0) is 25.3 Å². The summed E-state index contributed by atoms with van der Waals surface area (Å²) >= 11 is 1.20. The van der Waals surface area contributed by atoms with E-state index in [4.69, 9.17) is 9.47 Å². The highest BCUT2D eigenvalue weighted by Gasteiger charge is 2.72. The number of thiophene rings is 1. The van der Waals surface area contributed by atoms with Crippen molar-refractivity contribution in [1.82, 2.24) is 9.55 Å². The number of aromatic nitrogens is 2. The topological polar surface area (TPSA) is 165 Å². The SMILES string of the molecule is CC(=O)OC[C@H]1O[C@@H](n2cc(-c3cccs3)c(=O)[nH]c2=O)[C@@](O)(C(C)=O)[C@@]1(O)C(C)=O. The van der Waals surface area contributed by atoms with E-state index in [1.807, 2.05) is 0 Å². The first-order valence-corrected chi connectivity index (χ1v) is 9.97. The number of nitrogens with zero attached hydrogens (tertiary/aromatic N) is 1. The van der Waals surface area contributed by atoms with Crippen LogP contribution in [0, 0.1) is 0 Å². The molecule has 0 radical (unpaired) electrons. The first-order chi connectivity index (χ1) is 14.4. The average molecular weight is 452 g/mol. The molecule has 0 bridgehead atoms. The summed E-state index contributed by atoms with van der Waals surface area (Å²) in [5, 5.41) is 24.1. The lowest BCUT2D eigenvalue weighted by Crippen LogP contribution is -2.66. The summed E-state index contributed by atoms with van der Waals surface area (Å²) in [6, 6.07) is 3.29. The van der Waals surface area contributed by atoms with Gasteiger partial charge in [0.15, 0.2) is 23.4 Å². The molecule has 1 saturated heterocycles. The van der Waals surface area contributed by atoms with Gasteiger partial charge in [0.2, 0.25) is 5.60 Å². The molecule has 2 aromatic heterocycles. The zero-order valence-corrected chi connectivity index (χ0v) is 17.6. The lowest BCUT2D eigenvalue weighted by Gasteiger charge is -2.37. The molecule has 0 aromatic carbocycles. The maximum atomic E-state index is 12.6. The van der Waals surface area contributed by atoms with Crippen LogP contribution in [0.3, 0.4) is 0 Å². The normalized spacial score (nSPS) is 27.8. The van der Waals surface area contributed by atoms with Crippen LogP contribution >= 0.6 is 11.3 Å². The summed E-state index contributed by atoms with van der Waals surface area (Å²) in [7, 11) is 0. The van der Waals surface area contributed by atoms with E-state index in [9.17, 15) is 34.2 Å². The molecule has 2 aromatic rings. The predicted octanol–water partition coefficient (Wildman–Crippen LogP) is -0.634. The Hall–Kier alpha value is -2.93. The number of nitrogens with one attached hydrogen (secondary N) is 1. The van der Waals surface area contributed by atoms with E-state index in [2.05, 4.69) is 4.98 Å². The molecule has 166 valence electrons. The molecule has 12 heteroatoms. The Morgan fingerprint density at radius 3 is 2.35 bits per heavy atom. The number of aliphatic hydroxyl groups is 2. The number of hydrogen-bond acceptors (Lipinski definition) is 10. The van der Waals surface area contributed by atoms with E-state index in [1.54, 1.807) is 17.5 Å². The number of rotatable bonds is 6. The van der Waals surface area contributed by atoms with Crippen molar-refractivity contribution in [3.05, 3.63) is 44.5 Å².